The first kappa shape index (κ1) is 12.0. The molecule has 1 aromatic carbocycles. The van der Waals surface area contributed by atoms with Crippen molar-refractivity contribution in [3.8, 4) is 0 Å². The van der Waals surface area contributed by atoms with Gasteiger partial charge >= 0.3 is 5.97 Å². The molecule has 0 saturated carbocycles. The van der Waals surface area contributed by atoms with Crippen LogP contribution in [0.2, 0.25) is 0 Å². The lowest BCUT2D eigenvalue weighted by Gasteiger charge is -2.07. The summed E-state index contributed by atoms with van der Waals surface area (Å²) in [6.45, 7) is 4.08. The van der Waals surface area contributed by atoms with Crippen LogP contribution in [0, 0.1) is 17.4 Å². The van der Waals surface area contributed by atoms with E-state index in [0.29, 0.717) is 0 Å². The number of halogens is 1. The number of carboxylic acids is 1. The molecule has 0 aliphatic rings. The van der Waals surface area contributed by atoms with Crippen LogP contribution in [-0.4, -0.2) is 11.1 Å². The third-order valence-corrected chi connectivity index (χ3v) is 2.94. The van der Waals surface area contributed by atoms with Crippen molar-refractivity contribution in [3.05, 3.63) is 39.1 Å². The third-order valence-electron chi connectivity index (χ3n) is 2.05. The van der Waals surface area contributed by atoms with Crippen LogP contribution in [0.4, 0.5) is 5.69 Å². The standard InChI is InChI=1S/C11H12INO2/c1-7-5-9(12)10(6-8(7)2)13-4-3-11(14)15/h3-6,13H,1-2H3,(H,14,15). The van der Waals surface area contributed by atoms with Gasteiger partial charge in [0.25, 0.3) is 0 Å². The van der Waals surface area contributed by atoms with Gasteiger partial charge in [-0.15, -0.1) is 0 Å². The van der Waals surface area contributed by atoms with E-state index < -0.39 is 5.97 Å². The van der Waals surface area contributed by atoms with Crippen molar-refractivity contribution >= 4 is 34.2 Å². The van der Waals surface area contributed by atoms with Crippen LogP contribution < -0.4 is 5.32 Å². The fourth-order valence-corrected chi connectivity index (χ4v) is 1.87. The number of hydrogen-bond acceptors (Lipinski definition) is 2. The first-order valence-corrected chi connectivity index (χ1v) is 5.51. The fraction of sp³-hybridized carbons (Fsp3) is 0.182. The molecule has 0 aliphatic heterocycles. The van der Waals surface area contributed by atoms with E-state index in [2.05, 4.69) is 34.0 Å². The summed E-state index contributed by atoms with van der Waals surface area (Å²) in [5, 5.41) is 11.4. The largest absolute Gasteiger partial charge is 0.478 e. The molecule has 0 amide bonds. The molecule has 0 spiro atoms. The Morgan fingerprint density at radius 3 is 2.60 bits per heavy atom. The van der Waals surface area contributed by atoms with Crippen LogP contribution in [0.3, 0.4) is 0 Å². The maximum absolute atomic E-state index is 10.3. The summed E-state index contributed by atoms with van der Waals surface area (Å²) in [5.41, 5.74) is 3.34. The second-order valence-electron chi connectivity index (χ2n) is 3.23. The van der Waals surface area contributed by atoms with E-state index >= 15 is 0 Å². The van der Waals surface area contributed by atoms with Gasteiger partial charge in [0.2, 0.25) is 0 Å². The fourth-order valence-electron chi connectivity index (χ4n) is 1.09. The highest BCUT2D eigenvalue weighted by atomic mass is 127. The van der Waals surface area contributed by atoms with Gasteiger partial charge in [-0.05, 0) is 59.7 Å². The summed E-state index contributed by atoms with van der Waals surface area (Å²) >= 11 is 2.22. The Balaban J connectivity index is 2.86. The summed E-state index contributed by atoms with van der Waals surface area (Å²) in [6.07, 6.45) is 2.50. The van der Waals surface area contributed by atoms with Gasteiger partial charge in [-0.3, -0.25) is 0 Å². The number of hydrogen-bond donors (Lipinski definition) is 2. The SMILES string of the molecule is Cc1cc(I)c(NC=CC(=O)O)cc1C. The van der Waals surface area contributed by atoms with Crippen LogP contribution in [-0.2, 0) is 4.79 Å². The van der Waals surface area contributed by atoms with Crippen molar-refractivity contribution in [2.45, 2.75) is 13.8 Å². The lowest BCUT2D eigenvalue weighted by Crippen LogP contribution is -1.95. The minimum Gasteiger partial charge on any atom is -0.478 e. The van der Waals surface area contributed by atoms with E-state index in [1.807, 2.05) is 19.9 Å². The summed E-state index contributed by atoms with van der Waals surface area (Å²) < 4.78 is 1.07. The molecule has 0 bridgehead atoms. The van der Waals surface area contributed by atoms with Gasteiger partial charge in [-0.1, -0.05) is 0 Å². The molecule has 15 heavy (non-hydrogen) atoms. The predicted octanol–water partition coefficient (Wildman–Crippen LogP) is 2.92. The molecule has 4 heteroatoms. The van der Waals surface area contributed by atoms with Gasteiger partial charge in [0, 0.05) is 15.8 Å². The highest BCUT2D eigenvalue weighted by Crippen LogP contribution is 2.22. The zero-order valence-electron chi connectivity index (χ0n) is 8.54. The Kier molecular flexibility index (Phi) is 4.14. The van der Waals surface area contributed by atoms with Crippen molar-refractivity contribution in [2.75, 3.05) is 5.32 Å². The quantitative estimate of drug-likeness (QED) is 0.666. The summed E-state index contributed by atoms with van der Waals surface area (Å²) in [7, 11) is 0. The van der Waals surface area contributed by atoms with Crippen molar-refractivity contribution in [1.82, 2.24) is 0 Å². The number of carbonyl (C=O) groups is 1. The molecule has 2 N–H and O–H groups in total. The monoisotopic (exact) mass is 317 g/mol. The zero-order chi connectivity index (χ0) is 11.4. The summed E-state index contributed by atoms with van der Waals surface area (Å²) in [4.78, 5) is 10.3. The Labute approximate surface area is 102 Å². The van der Waals surface area contributed by atoms with E-state index in [4.69, 9.17) is 5.11 Å². The average molecular weight is 317 g/mol. The molecule has 3 nitrogen and oxygen atoms in total. The zero-order valence-corrected chi connectivity index (χ0v) is 10.7. The van der Waals surface area contributed by atoms with Crippen molar-refractivity contribution < 1.29 is 9.90 Å². The lowest BCUT2D eigenvalue weighted by atomic mass is 10.1. The van der Waals surface area contributed by atoms with E-state index in [-0.39, 0.29) is 0 Å². The van der Waals surface area contributed by atoms with Crippen LogP contribution in [0.25, 0.3) is 0 Å². The van der Waals surface area contributed by atoms with Crippen LogP contribution >= 0.6 is 22.6 Å². The highest BCUT2D eigenvalue weighted by molar-refractivity contribution is 14.1. The van der Waals surface area contributed by atoms with E-state index in [0.717, 1.165) is 15.3 Å². The molecule has 0 saturated heterocycles. The number of nitrogens with one attached hydrogen (secondary N) is 1. The van der Waals surface area contributed by atoms with Gasteiger partial charge < -0.3 is 10.4 Å². The van der Waals surface area contributed by atoms with Crippen LogP contribution in [0.5, 0.6) is 0 Å². The second-order valence-corrected chi connectivity index (χ2v) is 4.39. The first-order valence-electron chi connectivity index (χ1n) is 4.43. The molecule has 1 rings (SSSR count). The minimum atomic E-state index is -0.957. The van der Waals surface area contributed by atoms with Gasteiger partial charge in [0.15, 0.2) is 0 Å². The molecule has 0 fully saturated rings. The second kappa shape index (κ2) is 5.16. The molecule has 0 heterocycles. The molecule has 0 unspecified atom stereocenters. The van der Waals surface area contributed by atoms with Gasteiger partial charge in [0.05, 0.1) is 5.69 Å². The van der Waals surface area contributed by atoms with E-state index in [9.17, 15) is 4.79 Å². The number of benzene rings is 1. The van der Waals surface area contributed by atoms with Gasteiger partial charge in [-0.2, -0.15) is 0 Å². The van der Waals surface area contributed by atoms with Crippen molar-refractivity contribution in [2.24, 2.45) is 0 Å². The van der Waals surface area contributed by atoms with E-state index in [1.54, 1.807) is 0 Å². The maximum Gasteiger partial charge on any atom is 0.329 e. The molecule has 80 valence electrons. The van der Waals surface area contributed by atoms with Gasteiger partial charge in [0.1, 0.15) is 0 Å². The Hall–Kier alpha value is -1.04. The third kappa shape index (κ3) is 3.54. The maximum atomic E-state index is 10.3. The molecule has 1 aromatic rings. The molecule has 0 atom stereocenters. The van der Waals surface area contributed by atoms with Crippen LogP contribution in [0.1, 0.15) is 11.1 Å². The Morgan fingerprint density at radius 1 is 1.40 bits per heavy atom. The lowest BCUT2D eigenvalue weighted by molar-refractivity contribution is -0.131. The number of carboxylic acid groups (broad SMARTS) is 1. The number of aliphatic carboxylic acids is 1. The molecule has 0 aromatic heterocycles. The highest BCUT2D eigenvalue weighted by Gasteiger charge is 2.00. The summed E-state index contributed by atoms with van der Waals surface area (Å²) in [5.74, 6) is -0.957. The predicted molar refractivity (Wildman–Crippen MR) is 69.0 cm³/mol. The number of aryl methyl sites for hydroxylation is 2. The number of anilines is 1. The minimum absolute atomic E-state index is 0.927. The topological polar surface area (TPSA) is 49.3 Å². The first-order chi connectivity index (χ1) is 7.00. The van der Waals surface area contributed by atoms with Crippen molar-refractivity contribution in [3.63, 3.8) is 0 Å². The number of rotatable bonds is 3. The Morgan fingerprint density at radius 2 is 2.00 bits per heavy atom. The molecular weight excluding hydrogens is 305 g/mol. The van der Waals surface area contributed by atoms with Crippen molar-refractivity contribution in [1.29, 1.82) is 0 Å². The summed E-state index contributed by atoms with van der Waals surface area (Å²) in [6, 6.07) is 4.07. The molecular formula is C11H12INO2. The molecule has 0 aliphatic carbocycles. The average Bonchev–Trinajstić information content (AvgIpc) is 2.13. The van der Waals surface area contributed by atoms with Gasteiger partial charge in [-0.25, -0.2) is 4.79 Å². The Bertz CT molecular complexity index is 413. The van der Waals surface area contributed by atoms with Crippen LogP contribution in [0.15, 0.2) is 24.4 Å². The normalized spacial score (nSPS) is 10.6. The smallest absolute Gasteiger partial charge is 0.329 e. The molecule has 0 radical (unpaired) electrons. The van der Waals surface area contributed by atoms with E-state index in [1.165, 1.54) is 17.3 Å².